The molecule has 4 nitrogen and oxygen atoms in total. The minimum atomic E-state index is -0.265. The highest BCUT2D eigenvalue weighted by molar-refractivity contribution is 6.22. The first-order chi connectivity index (χ1) is 11.7. The molecule has 2 aromatic carbocycles. The molecule has 1 fully saturated rings. The molecule has 0 saturated carbocycles. The van der Waals surface area contributed by atoms with Gasteiger partial charge in [0, 0.05) is 6.54 Å². The minimum Gasteiger partial charge on any atom is -0.299 e. The molecule has 2 aliphatic rings. The fraction of sp³-hybridized carbons (Fsp3) is 0.300. The van der Waals surface area contributed by atoms with E-state index in [4.69, 9.17) is 0 Å². The topological polar surface area (TPSA) is 49.4 Å². The van der Waals surface area contributed by atoms with E-state index in [1.54, 1.807) is 6.07 Å². The number of rotatable bonds is 3. The molecule has 0 atom stereocenters. The van der Waals surface area contributed by atoms with E-state index in [1.165, 1.54) is 5.56 Å². The maximum Gasteiger partial charge on any atom is 0.259 e. The summed E-state index contributed by atoms with van der Waals surface area (Å²) in [5, 5.41) is 2.41. The van der Waals surface area contributed by atoms with E-state index >= 15 is 0 Å². The van der Waals surface area contributed by atoms with Gasteiger partial charge in [0.1, 0.15) is 0 Å². The van der Waals surface area contributed by atoms with Gasteiger partial charge < -0.3 is 0 Å². The third kappa shape index (κ3) is 2.74. The van der Waals surface area contributed by atoms with Crippen LogP contribution in [0, 0.1) is 0 Å². The lowest BCUT2D eigenvalue weighted by Crippen LogP contribution is -2.33. The Bertz CT molecular complexity index is 777. The van der Waals surface area contributed by atoms with Crippen LogP contribution in [0.5, 0.6) is 0 Å². The number of carbonyl (C=O) groups excluding carboxylic acids is 2. The Morgan fingerprint density at radius 3 is 2.42 bits per heavy atom. The summed E-state index contributed by atoms with van der Waals surface area (Å²) in [4.78, 5) is 26.4. The molecule has 0 aromatic heterocycles. The Morgan fingerprint density at radius 2 is 1.67 bits per heavy atom. The molecule has 2 heterocycles. The largest absolute Gasteiger partial charge is 0.299 e. The standard InChI is InChI=1S/C20H20N2O2/c23-19-17-8-4-7-16(18(17)20(24)21-19)15-9-11-22(12-10-15)13-14-5-2-1-3-6-14/h1-8,15H,9-13H2,(H,21,23,24). The van der Waals surface area contributed by atoms with E-state index in [1.807, 2.05) is 18.2 Å². The van der Waals surface area contributed by atoms with E-state index in [9.17, 15) is 9.59 Å². The molecule has 2 amide bonds. The van der Waals surface area contributed by atoms with Gasteiger partial charge in [0.05, 0.1) is 11.1 Å². The summed E-state index contributed by atoms with van der Waals surface area (Å²) in [5.74, 6) is -0.153. The van der Waals surface area contributed by atoms with Gasteiger partial charge >= 0.3 is 0 Å². The van der Waals surface area contributed by atoms with Crippen molar-refractivity contribution < 1.29 is 9.59 Å². The first-order valence-electron chi connectivity index (χ1n) is 8.47. The zero-order valence-electron chi connectivity index (χ0n) is 13.5. The number of hydrogen-bond donors (Lipinski definition) is 1. The second-order valence-corrected chi connectivity index (χ2v) is 6.59. The number of carbonyl (C=O) groups is 2. The van der Waals surface area contributed by atoms with Gasteiger partial charge in [0.25, 0.3) is 11.8 Å². The smallest absolute Gasteiger partial charge is 0.259 e. The quantitative estimate of drug-likeness (QED) is 0.885. The maximum atomic E-state index is 12.1. The first kappa shape index (κ1) is 15.1. The van der Waals surface area contributed by atoms with Crippen molar-refractivity contribution >= 4 is 11.8 Å². The van der Waals surface area contributed by atoms with E-state index < -0.39 is 0 Å². The molecule has 2 aliphatic heterocycles. The van der Waals surface area contributed by atoms with Crippen LogP contribution in [0.3, 0.4) is 0 Å². The van der Waals surface area contributed by atoms with Crippen LogP contribution in [-0.2, 0) is 6.54 Å². The van der Waals surface area contributed by atoms with Crippen LogP contribution in [0.15, 0.2) is 48.5 Å². The number of piperidine rings is 1. The van der Waals surface area contributed by atoms with Gasteiger partial charge in [0.2, 0.25) is 0 Å². The molecular weight excluding hydrogens is 300 g/mol. The highest BCUT2D eigenvalue weighted by Gasteiger charge is 2.32. The lowest BCUT2D eigenvalue weighted by molar-refractivity contribution is 0.0879. The third-order valence-electron chi connectivity index (χ3n) is 5.07. The van der Waals surface area contributed by atoms with Gasteiger partial charge in [-0.2, -0.15) is 0 Å². The number of imide groups is 1. The Balaban J connectivity index is 1.47. The fourth-order valence-corrected chi connectivity index (χ4v) is 3.83. The summed E-state index contributed by atoms with van der Waals surface area (Å²) < 4.78 is 0. The second-order valence-electron chi connectivity index (χ2n) is 6.59. The van der Waals surface area contributed by atoms with Gasteiger partial charge in [-0.15, -0.1) is 0 Å². The van der Waals surface area contributed by atoms with E-state index in [2.05, 4.69) is 34.5 Å². The number of amides is 2. The molecule has 0 bridgehead atoms. The highest BCUT2D eigenvalue weighted by atomic mass is 16.2. The van der Waals surface area contributed by atoms with Crippen molar-refractivity contribution in [2.24, 2.45) is 0 Å². The summed E-state index contributed by atoms with van der Waals surface area (Å²) in [7, 11) is 0. The summed E-state index contributed by atoms with van der Waals surface area (Å²) in [5.41, 5.74) is 3.50. The molecule has 0 unspecified atom stereocenters. The number of benzene rings is 2. The van der Waals surface area contributed by atoms with Crippen LogP contribution in [0.4, 0.5) is 0 Å². The SMILES string of the molecule is O=C1NC(=O)c2c1cccc2C1CCN(Cc2ccccc2)CC1. The number of likely N-dealkylation sites (tertiary alicyclic amines) is 1. The average Bonchev–Trinajstić information content (AvgIpc) is 2.91. The predicted octanol–water partition coefficient (Wildman–Crippen LogP) is 2.95. The van der Waals surface area contributed by atoms with E-state index in [0.717, 1.165) is 38.0 Å². The summed E-state index contributed by atoms with van der Waals surface area (Å²) in [6.45, 7) is 3.00. The fourth-order valence-electron chi connectivity index (χ4n) is 3.83. The molecule has 0 spiro atoms. The van der Waals surface area contributed by atoms with Gasteiger partial charge in [0.15, 0.2) is 0 Å². The van der Waals surface area contributed by atoms with Crippen molar-refractivity contribution in [3.05, 3.63) is 70.8 Å². The molecule has 2 aromatic rings. The lowest BCUT2D eigenvalue weighted by Gasteiger charge is -2.32. The molecular formula is C20H20N2O2. The van der Waals surface area contributed by atoms with E-state index in [0.29, 0.717) is 17.0 Å². The van der Waals surface area contributed by atoms with Gasteiger partial charge in [-0.25, -0.2) is 0 Å². The normalized spacial score (nSPS) is 18.5. The Hall–Kier alpha value is -2.46. The Kier molecular flexibility index (Phi) is 3.90. The molecule has 0 radical (unpaired) electrons. The number of hydrogen-bond acceptors (Lipinski definition) is 3. The zero-order chi connectivity index (χ0) is 16.5. The van der Waals surface area contributed by atoms with Crippen LogP contribution in [0.1, 0.15) is 50.6 Å². The van der Waals surface area contributed by atoms with Gasteiger partial charge in [-0.1, -0.05) is 42.5 Å². The molecule has 24 heavy (non-hydrogen) atoms. The first-order valence-corrected chi connectivity index (χ1v) is 8.47. The van der Waals surface area contributed by atoms with E-state index in [-0.39, 0.29) is 11.8 Å². The summed E-state index contributed by atoms with van der Waals surface area (Å²) >= 11 is 0. The molecule has 4 rings (SSSR count). The second kappa shape index (κ2) is 6.21. The molecule has 1 saturated heterocycles. The zero-order valence-corrected chi connectivity index (χ0v) is 13.5. The highest BCUT2D eigenvalue weighted by Crippen LogP contribution is 2.33. The lowest BCUT2D eigenvalue weighted by atomic mass is 9.85. The van der Waals surface area contributed by atoms with Crippen LogP contribution in [0.2, 0.25) is 0 Å². The van der Waals surface area contributed by atoms with Crippen molar-refractivity contribution in [3.63, 3.8) is 0 Å². The van der Waals surface area contributed by atoms with Crippen LogP contribution in [0.25, 0.3) is 0 Å². The molecule has 122 valence electrons. The number of nitrogens with zero attached hydrogens (tertiary/aromatic N) is 1. The van der Waals surface area contributed by atoms with Crippen molar-refractivity contribution in [3.8, 4) is 0 Å². The average molecular weight is 320 g/mol. The molecule has 0 aliphatic carbocycles. The minimum absolute atomic E-state index is 0.239. The Morgan fingerprint density at radius 1 is 0.917 bits per heavy atom. The van der Waals surface area contributed by atoms with Crippen molar-refractivity contribution in [2.45, 2.75) is 25.3 Å². The Labute approximate surface area is 141 Å². The van der Waals surface area contributed by atoms with Crippen LogP contribution >= 0.6 is 0 Å². The summed E-state index contributed by atoms with van der Waals surface area (Å²) in [6.07, 6.45) is 2.04. The summed E-state index contributed by atoms with van der Waals surface area (Å²) in [6, 6.07) is 16.1. The van der Waals surface area contributed by atoms with Crippen LogP contribution in [-0.4, -0.2) is 29.8 Å². The van der Waals surface area contributed by atoms with Gasteiger partial charge in [-0.05, 0) is 49.0 Å². The monoisotopic (exact) mass is 320 g/mol. The maximum absolute atomic E-state index is 12.1. The van der Waals surface area contributed by atoms with Crippen molar-refractivity contribution in [2.75, 3.05) is 13.1 Å². The number of fused-ring (bicyclic) bond motifs is 1. The van der Waals surface area contributed by atoms with Crippen molar-refractivity contribution in [1.29, 1.82) is 0 Å². The molecule has 1 N–H and O–H groups in total. The van der Waals surface area contributed by atoms with Gasteiger partial charge in [-0.3, -0.25) is 19.8 Å². The molecule has 4 heteroatoms. The third-order valence-corrected chi connectivity index (χ3v) is 5.07. The number of nitrogens with one attached hydrogen (secondary N) is 1. The van der Waals surface area contributed by atoms with Crippen LogP contribution < -0.4 is 5.32 Å². The predicted molar refractivity (Wildman–Crippen MR) is 91.9 cm³/mol. The van der Waals surface area contributed by atoms with Crippen molar-refractivity contribution in [1.82, 2.24) is 10.2 Å².